The number of carbonyl (C=O) groups excluding carboxylic acids is 1. The van der Waals surface area contributed by atoms with E-state index in [9.17, 15) is 14.9 Å². The van der Waals surface area contributed by atoms with E-state index in [0.717, 1.165) is 4.90 Å². The van der Waals surface area contributed by atoms with Gasteiger partial charge >= 0.3 is 11.6 Å². The van der Waals surface area contributed by atoms with Crippen molar-refractivity contribution in [2.45, 2.75) is 23.6 Å². The zero-order valence-corrected chi connectivity index (χ0v) is 13.8. The maximum atomic E-state index is 12.4. The molecule has 3 aromatic rings. The standard InChI is InChI=1S/C16H14N3O4S/c1-10-15(24-14-8-4-3-6-12(14)19(21)22)11(2)18(17-10)16(20)13-7-5-9-23-13/h3-9H,1-2H3,(H,21,22)/q+1. The molecule has 1 N–H and O–H groups in total. The summed E-state index contributed by atoms with van der Waals surface area (Å²) in [6.07, 6.45) is 1.43. The number of aromatic nitrogens is 2. The Labute approximate surface area is 141 Å². The topological polar surface area (TPSA) is 88.3 Å². The quantitative estimate of drug-likeness (QED) is 0.726. The van der Waals surface area contributed by atoms with Gasteiger partial charge in [0.25, 0.3) is 4.92 Å². The zero-order valence-electron chi connectivity index (χ0n) is 13.0. The molecule has 7 nitrogen and oxygen atoms in total. The summed E-state index contributed by atoms with van der Waals surface area (Å²) in [7, 11) is 0. The summed E-state index contributed by atoms with van der Waals surface area (Å²) in [5.74, 6) is -0.174. The maximum absolute atomic E-state index is 12.4. The van der Waals surface area contributed by atoms with E-state index in [1.807, 2.05) is 0 Å². The summed E-state index contributed by atoms with van der Waals surface area (Å²) in [6, 6.07) is 9.85. The molecule has 2 heterocycles. The average Bonchev–Trinajstić information content (AvgIpc) is 3.18. The van der Waals surface area contributed by atoms with Crippen LogP contribution in [-0.4, -0.2) is 25.8 Å². The SMILES string of the molecule is Cc1nn(C(=O)c2ccco2)c(C)c1Sc1ccccc1[N+](=O)O. The van der Waals surface area contributed by atoms with E-state index in [0.29, 0.717) is 16.3 Å². The normalized spacial score (nSPS) is 10.8. The van der Waals surface area contributed by atoms with Crippen molar-refractivity contribution in [3.8, 4) is 0 Å². The van der Waals surface area contributed by atoms with Gasteiger partial charge in [0.1, 0.15) is 0 Å². The molecule has 122 valence electrons. The third-order valence-electron chi connectivity index (χ3n) is 3.43. The molecule has 0 saturated heterocycles. The molecule has 0 radical (unpaired) electrons. The number of rotatable bonds is 4. The smallest absolute Gasteiger partial charge is 0.330 e. The van der Waals surface area contributed by atoms with Crippen molar-refractivity contribution in [1.29, 1.82) is 0 Å². The molecule has 24 heavy (non-hydrogen) atoms. The van der Waals surface area contributed by atoms with E-state index in [2.05, 4.69) is 5.10 Å². The van der Waals surface area contributed by atoms with Gasteiger partial charge in [0.2, 0.25) is 0 Å². The third-order valence-corrected chi connectivity index (χ3v) is 4.79. The van der Waals surface area contributed by atoms with Crippen molar-refractivity contribution < 1.29 is 19.3 Å². The summed E-state index contributed by atoms with van der Waals surface area (Å²) in [5, 5.41) is 13.5. The number of nitrogens with zero attached hydrogens (tertiary/aromatic N) is 3. The second kappa shape index (κ2) is 6.32. The van der Waals surface area contributed by atoms with Gasteiger partial charge in [-0.15, -0.1) is 0 Å². The van der Waals surface area contributed by atoms with Gasteiger partial charge in [0.05, 0.1) is 32.3 Å². The Morgan fingerprint density at radius 2 is 2.00 bits per heavy atom. The highest BCUT2D eigenvalue weighted by molar-refractivity contribution is 7.99. The van der Waals surface area contributed by atoms with Gasteiger partial charge in [-0.05, 0) is 32.0 Å². The molecule has 2 aromatic heterocycles. The molecule has 0 bridgehead atoms. The predicted octanol–water partition coefficient (Wildman–Crippen LogP) is 3.73. The second-order valence-electron chi connectivity index (χ2n) is 5.04. The van der Waals surface area contributed by atoms with Crippen molar-refractivity contribution >= 4 is 23.4 Å². The highest BCUT2D eigenvalue weighted by atomic mass is 32.2. The molecule has 1 aromatic carbocycles. The lowest BCUT2D eigenvalue weighted by molar-refractivity contribution is -0.731. The van der Waals surface area contributed by atoms with Gasteiger partial charge in [-0.2, -0.15) is 9.78 Å². The van der Waals surface area contributed by atoms with Gasteiger partial charge in [-0.1, -0.05) is 23.9 Å². The van der Waals surface area contributed by atoms with Crippen molar-refractivity contribution in [1.82, 2.24) is 9.78 Å². The van der Waals surface area contributed by atoms with Crippen LogP contribution in [0.5, 0.6) is 0 Å². The molecule has 0 unspecified atom stereocenters. The van der Waals surface area contributed by atoms with Gasteiger partial charge in [-0.3, -0.25) is 4.79 Å². The van der Waals surface area contributed by atoms with Crippen LogP contribution in [0.1, 0.15) is 21.9 Å². The molecule has 8 heteroatoms. The van der Waals surface area contributed by atoms with Crippen LogP contribution in [-0.2, 0) is 0 Å². The Morgan fingerprint density at radius 1 is 1.25 bits per heavy atom. The van der Waals surface area contributed by atoms with Crippen molar-refractivity contribution in [3.05, 3.63) is 64.7 Å². The van der Waals surface area contributed by atoms with Crippen LogP contribution in [0, 0.1) is 18.8 Å². The Kier molecular flexibility index (Phi) is 4.22. The summed E-state index contributed by atoms with van der Waals surface area (Å²) in [4.78, 5) is 24.8. The molecular formula is C16H14N3O4S+. The second-order valence-corrected chi connectivity index (χ2v) is 6.09. The number of benzene rings is 1. The van der Waals surface area contributed by atoms with E-state index in [-0.39, 0.29) is 22.3 Å². The average molecular weight is 344 g/mol. The molecule has 0 amide bonds. The highest BCUT2D eigenvalue weighted by Gasteiger charge is 2.24. The van der Waals surface area contributed by atoms with Crippen LogP contribution in [0.15, 0.2) is 56.9 Å². The third kappa shape index (κ3) is 2.83. The Balaban J connectivity index is 1.99. The molecule has 0 aliphatic carbocycles. The van der Waals surface area contributed by atoms with Crippen LogP contribution in [0.25, 0.3) is 0 Å². The first-order valence-corrected chi connectivity index (χ1v) is 7.88. The monoisotopic (exact) mass is 344 g/mol. The molecule has 3 rings (SSSR count). The Hall–Kier alpha value is -2.87. The number of carbonyl (C=O) groups is 1. The fourth-order valence-corrected chi connectivity index (χ4v) is 3.33. The first kappa shape index (κ1) is 16.0. The first-order valence-electron chi connectivity index (χ1n) is 7.06. The van der Waals surface area contributed by atoms with Gasteiger partial charge in [0.15, 0.2) is 5.76 Å². The number of furan rings is 1. The molecule has 0 saturated carbocycles. The number of aryl methyl sites for hydroxylation is 1. The lowest BCUT2D eigenvalue weighted by atomic mass is 10.3. The van der Waals surface area contributed by atoms with Crippen LogP contribution >= 0.6 is 11.8 Å². The first-order chi connectivity index (χ1) is 11.5. The molecule has 0 aliphatic heterocycles. The van der Waals surface area contributed by atoms with Crippen molar-refractivity contribution in [3.63, 3.8) is 0 Å². The van der Waals surface area contributed by atoms with Crippen molar-refractivity contribution in [2.75, 3.05) is 0 Å². The van der Waals surface area contributed by atoms with E-state index >= 15 is 0 Å². The Bertz CT molecular complexity index is 916. The van der Waals surface area contributed by atoms with E-state index in [1.54, 1.807) is 44.2 Å². The lowest BCUT2D eigenvalue weighted by Gasteiger charge is -2.03. The van der Waals surface area contributed by atoms with E-state index in [1.165, 1.54) is 28.8 Å². The van der Waals surface area contributed by atoms with Crippen molar-refractivity contribution in [2.24, 2.45) is 0 Å². The van der Waals surface area contributed by atoms with E-state index in [4.69, 9.17) is 4.42 Å². The molecule has 0 spiro atoms. The van der Waals surface area contributed by atoms with Crippen LogP contribution in [0.3, 0.4) is 0 Å². The van der Waals surface area contributed by atoms with Crippen LogP contribution in [0.2, 0.25) is 0 Å². The fourth-order valence-electron chi connectivity index (χ4n) is 2.29. The molecule has 0 aliphatic rings. The summed E-state index contributed by atoms with van der Waals surface area (Å²) < 4.78 is 6.40. The largest absolute Gasteiger partial charge is 0.459 e. The van der Waals surface area contributed by atoms with Gasteiger partial charge in [-0.25, -0.2) is 5.21 Å². The molecular weight excluding hydrogens is 330 g/mol. The fraction of sp³-hybridized carbons (Fsp3) is 0.125. The number of hydrogen-bond acceptors (Lipinski definition) is 5. The van der Waals surface area contributed by atoms with E-state index < -0.39 is 0 Å². The summed E-state index contributed by atoms with van der Waals surface area (Å²) in [5.41, 5.74) is 1.40. The number of para-hydroxylation sites is 1. The molecule has 0 atom stereocenters. The highest BCUT2D eigenvalue weighted by Crippen LogP contribution is 2.37. The minimum Gasteiger partial charge on any atom is -0.459 e. The number of hydrogen-bond donors (Lipinski definition) is 1. The maximum Gasteiger partial charge on any atom is 0.330 e. The Morgan fingerprint density at radius 3 is 2.67 bits per heavy atom. The van der Waals surface area contributed by atoms with Gasteiger partial charge in [0, 0.05) is 6.07 Å². The molecule has 0 fully saturated rings. The summed E-state index contributed by atoms with van der Waals surface area (Å²) in [6.45, 7) is 3.54. The summed E-state index contributed by atoms with van der Waals surface area (Å²) >= 11 is 1.26. The predicted molar refractivity (Wildman–Crippen MR) is 85.8 cm³/mol. The zero-order chi connectivity index (χ0) is 17.3. The minimum absolute atomic E-state index is 0.131. The van der Waals surface area contributed by atoms with Gasteiger partial charge < -0.3 is 4.42 Å². The minimum atomic E-state index is -0.367. The lowest BCUT2D eigenvalue weighted by Crippen LogP contribution is -2.14. The van der Waals surface area contributed by atoms with Crippen LogP contribution in [0.4, 0.5) is 5.69 Å². The van der Waals surface area contributed by atoms with Crippen LogP contribution < -0.4 is 0 Å².